The van der Waals surface area contributed by atoms with E-state index in [9.17, 15) is 9.59 Å². The van der Waals surface area contributed by atoms with Gasteiger partial charge in [-0.25, -0.2) is 0 Å². The van der Waals surface area contributed by atoms with E-state index in [1.807, 2.05) is 0 Å². The Bertz CT molecular complexity index is 220. The lowest BCUT2D eigenvalue weighted by Crippen LogP contribution is -2.31. The highest BCUT2D eigenvalue weighted by atomic mass is 31.1. The van der Waals surface area contributed by atoms with Crippen LogP contribution in [-0.4, -0.2) is 35.6 Å². The molecule has 72 valence electrons. The third-order valence-corrected chi connectivity index (χ3v) is 3.09. The van der Waals surface area contributed by atoms with Crippen LogP contribution in [0.1, 0.15) is 13.3 Å². The molecule has 1 rings (SSSR count). The maximum Gasteiger partial charge on any atom is 0.253 e. The predicted octanol–water partition coefficient (Wildman–Crippen LogP) is 1.000. The number of hydrogen-bond acceptors (Lipinski definition) is 2. The van der Waals surface area contributed by atoms with Gasteiger partial charge in [-0.3, -0.25) is 14.5 Å². The summed E-state index contributed by atoms with van der Waals surface area (Å²) in [5, 5.41) is 0. The van der Waals surface area contributed by atoms with E-state index in [0.717, 1.165) is 21.2 Å². The van der Waals surface area contributed by atoms with Crippen molar-refractivity contribution in [3.63, 3.8) is 0 Å². The van der Waals surface area contributed by atoms with Crippen molar-refractivity contribution < 1.29 is 9.59 Å². The molecule has 0 radical (unpaired) electrons. The number of carbonyl (C=O) groups is 2. The molecular weight excluding hydrogens is 185 g/mol. The molecule has 1 heterocycles. The van der Waals surface area contributed by atoms with Crippen molar-refractivity contribution >= 4 is 20.4 Å². The molecule has 13 heavy (non-hydrogen) atoms. The molecule has 0 saturated carbocycles. The Morgan fingerprint density at radius 1 is 1.31 bits per heavy atom. The largest absolute Gasteiger partial charge is 0.275 e. The van der Waals surface area contributed by atoms with Gasteiger partial charge >= 0.3 is 0 Å². The lowest BCUT2D eigenvalue weighted by atomic mass is 10.4. The summed E-state index contributed by atoms with van der Waals surface area (Å²) in [6.45, 7) is 2.73. The second-order valence-corrected chi connectivity index (χ2v) is 4.58. The molecule has 0 fully saturated rings. The van der Waals surface area contributed by atoms with Crippen LogP contribution < -0.4 is 0 Å². The summed E-state index contributed by atoms with van der Waals surface area (Å²) in [4.78, 5) is 23.4. The van der Waals surface area contributed by atoms with Gasteiger partial charge in [-0.05, 0) is 18.7 Å². The van der Waals surface area contributed by atoms with Gasteiger partial charge in [0.2, 0.25) is 0 Å². The molecule has 0 aliphatic carbocycles. The molecule has 1 unspecified atom stereocenters. The summed E-state index contributed by atoms with van der Waals surface area (Å²) in [7, 11) is 0.952. The van der Waals surface area contributed by atoms with Gasteiger partial charge in [0.25, 0.3) is 11.8 Å². The second-order valence-electron chi connectivity index (χ2n) is 2.87. The second kappa shape index (κ2) is 5.13. The highest BCUT2D eigenvalue weighted by Crippen LogP contribution is 2.11. The lowest BCUT2D eigenvalue weighted by molar-refractivity contribution is -0.136. The Morgan fingerprint density at radius 3 is 2.46 bits per heavy atom. The summed E-state index contributed by atoms with van der Waals surface area (Å²) in [6, 6.07) is 0. The van der Waals surface area contributed by atoms with Crippen LogP contribution >= 0.6 is 8.58 Å². The van der Waals surface area contributed by atoms with Gasteiger partial charge < -0.3 is 0 Å². The SMILES string of the molecule is CCPCCCN1C(=O)C=CC1=O. The molecular formula is C9H14NO2P. The Labute approximate surface area is 80.0 Å². The van der Waals surface area contributed by atoms with Crippen LogP contribution in [0.5, 0.6) is 0 Å². The fourth-order valence-corrected chi connectivity index (χ4v) is 1.95. The Kier molecular flexibility index (Phi) is 4.10. The first-order valence-electron chi connectivity index (χ1n) is 4.50. The quantitative estimate of drug-likeness (QED) is 0.376. The fraction of sp³-hybridized carbons (Fsp3) is 0.556. The molecule has 1 aliphatic rings. The van der Waals surface area contributed by atoms with Crippen molar-refractivity contribution in [3.05, 3.63) is 12.2 Å². The third kappa shape index (κ3) is 2.92. The minimum absolute atomic E-state index is 0.162. The zero-order valence-corrected chi connectivity index (χ0v) is 8.75. The summed E-state index contributed by atoms with van der Waals surface area (Å²) in [5.41, 5.74) is 0. The van der Waals surface area contributed by atoms with Crippen molar-refractivity contribution in [1.82, 2.24) is 4.90 Å². The monoisotopic (exact) mass is 199 g/mol. The van der Waals surface area contributed by atoms with Gasteiger partial charge in [-0.2, -0.15) is 0 Å². The summed E-state index contributed by atoms with van der Waals surface area (Å²) >= 11 is 0. The predicted molar refractivity (Wildman–Crippen MR) is 54.2 cm³/mol. The van der Waals surface area contributed by atoms with Gasteiger partial charge in [0.05, 0.1) is 0 Å². The van der Waals surface area contributed by atoms with Crippen LogP contribution in [-0.2, 0) is 9.59 Å². The van der Waals surface area contributed by atoms with Gasteiger partial charge in [0.1, 0.15) is 0 Å². The Morgan fingerprint density at radius 2 is 1.92 bits per heavy atom. The van der Waals surface area contributed by atoms with E-state index in [1.165, 1.54) is 23.2 Å². The number of nitrogens with zero attached hydrogens (tertiary/aromatic N) is 1. The van der Waals surface area contributed by atoms with Crippen LogP contribution in [0.3, 0.4) is 0 Å². The average Bonchev–Trinajstić information content (AvgIpc) is 2.42. The normalized spacial score (nSPS) is 16.8. The number of hydrogen-bond donors (Lipinski definition) is 0. The average molecular weight is 199 g/mol. The zero-order valence-electron chi connectivity index (χ0n) is 7.75. The van der Waals surface area contributed by atoms with E-state index >= 15 is 0 Å². The van der Waals surface area contributed by atoms with E-state index < -0.39 is 0 Å². The van der Waals surface area contributed by atoms with Crippen molar-refractivity contribution in [2.75, 3.05) is 18.9 Å². The molecule has 0 aromatic rings. The first-order valence-corrected chi connectivity index (χ1v) is 5.91. The van der Waals surface area contributed by atoms with Crippen LogP contribution in [0.15, 0.2) is 12.2 Å². The Balaban J connectivity index is 2.22. The molecule has 0 aromatic carbocycles. The Hall–Kier alpha value is -0.690. The maximum atomic E-state index is 11.1. The highest BCUT2D eigenvalue weighted by Gasteiger charge is 2.21. The van der Waals surface area contributed by atoms with E-state index in [-0.39, 0.29) is 11.8 Å². The number of rotatable bonds is 5. The van der Waals surface area contributed by atoms with Gasteiger partial charge in [-0.1, -0.05) is 6.92 Å². The first-order chi connectivity index (χ1) is 6.25. The van der Waals surface area contributed by atoms with E-state index in [1.54, 1.807) is 0 Å². The molecule has 3 nitrogen and oxygen atoms in total. The number of imide groups is 1. The van der Waals surface area contributed by atoms with E-state index in [4.69, 9.17) is 0 Å². The molecule has 4 heteroatoms. The molecule has 0 spiro atoms. The summed E-state index contributed by atoms with van der Waals surface area (Å²) in [5.74, 6) is -0.324. The maximum absolute atomic E-state index is 11.1. The lowest BCUT2D eigenvalue weighted by Gasteiger charge is -2.12. The minimum Gasteiger partial charge on any atom is -0.275 e. The van der Waals surface area contributed by atoms with Crippen LogP contribution in [0.25, 0.3) is 0 Å². The zero-order chi connectivity index (χ0) is 9.68. The number of carbonyl (C=O) groups excluding carboxylic acids is 2. The van der Waals surface area contributed by atoms with Crippen molar-refractivity contribution in [1.29, 1.82) is 0 Å². The van der Waals surface area contributed by atoms with Crippen molar-refractivity contribution in [3.8, 4) is 0 Å². The molecule has 0 N–H and O–H groups in total. The van der Waals surface area contributed by atoms with E-state index in [0.29, 0.717) is 6.54 Å². The molecule has 0 saturated heterocycles. The summed E-state index contributed by atoms with van der Waals surface area (Å²) < 4.78 is 0. The standard InChI is InChI=1S/C9H14NO2P/c1-2-13-7-3-6-10-8(11)4-5-9(10)12/h4-5,13H,2-3,6-7H2,1H3. The smallest absolute Gasteiger partial charge is 0.253 e. The van der Waals surface area contributed by atoms with Gasteiger partial charge in [0.15, 0.2) is 0 Å². The first kappa shape index (κ1) is 10.4. The van der Waals surface area contributed by atoms with Gasteiger partial charge in [0, 0.05) is 18.7 Å². The summed E-state index contributed by atoms with van der Waals surface area (Å²) in [6.07, 6.45) is 5.92. The van der Waals surface area contributed by atoms with Crippen LogP contribution in [0.4, 0.5) is 0 Å². The molecule has 0 aromatic heterocycles. The third-order valence-electron chi connectivity index (χ3n) is 1.89. The van der Waals surface area contributed by atoms with Crippen molar-refractivity contribution in [2.45, 2.75) is 13.3 Å². The van der Waals surface area contributed by atoms with Crippen molar-refractivity contribution in [2.24, 2.45) is 0 Å². The molecule has 1 aliphatic heterocycles. The number of amides is 2. The molecule has 0 bridgehead atoms. The van der Waals surface area contributed by atoms with Crippen LogP contribution in [0.2, 0.25) is 0 Å². The topological polar surface area (TPSA) is 37.4 Å². The minimum atomic E-state index is -0.162. The van der Waals surface area contributed by atoms with Crippen LogP contribution in [0, 0.1) is 0 Å². The van der Waals surface area contributed by atoms with Gasteiger partial charge in [-0.15, -0.1) is 8.58 Å². The van der Waals surface area contributed by atoms with E-state index in [2.05, 4.69) is 6.92 Å². The molecule has 1 atom stereocenters. The highest BCUT2D eigenvalue weighted by molar-refractivity contribution is 7.37. The molecule has 2 amide bonds. The fourth-order valence-electron chi connectivity index (χ4n) is 1.19.